The molecule has 0 saturated carbocycles. The van der Waals surface area contributed by atoms with Crippen molar-refractivity contribution in [3.63, 3.8) is 0 Å². The second-order valence-corrected chi connectivity index (χ2v) is 8.85. The number of sulfonamides is 1. The maximum Gasteiger partial charge on any atom is 0.246 e. The molecule has 0 aliphatic carbocycles. The Morgan fingerprint density at radius 3 is 2.54 bits per heavy atom. The van der Waals surface area contributed by atoms with Crippen molar-refractivity contribution in [3.8, 4) is 5.75 Å². The third kappa shape index (κ3) is 4.10. The number of hydrogen-bond donors (Lipinski definition) is 0. The summed E-state index contributed by atoms with van der Waals surface area (Å²) >= 11 is 3.31. The predicted octanol–water partition coefficient (Wildman–Crippen LogP) is 2.34. The van der Waals surface area contributed by atoms with E-state index < -0.39 is 10.0 Å². The smallest absolute Gasteiger partial charge is 0.246 e. The van der Waals surface area contributed by atoms with Crippen LogP contribution in [0.15, 0.2) is 27.6 Å². The van der Waals surface area contributed by atoms with Gasteiger partial charge >= 0.3 is 0 Å². The molecule has 1 saturated heterocycles. The summed E-state index contributed by atoms with van der Waals surface area (Å²) in [6.45, 7) is 5.38. The van der Waals surface area contributed by atoms with Crippen LogP contribution in [0.2, 0.25) is 0 Å². The van der Waals surface area contributed by atoms with Crippen molar-refractivity contribution >= 4 is 31.9 Å². The van der Waals surface area contributed by atoms with Gasteiger partial charge < -0.3 is 9.64 Å². The highest BCUT2D eigenvalue weighted by Crippen LogP contribution is 2.30. The van der Waals surface area contributed by atoms with E-state index in [0.717, 1.165) is 0 Å². The lowest BCUT2D eigenvalue weighted by Crippen LogP contribution is -2.39. The van der Waals surface area contributed by atoms with Gasteiger partial charge in [0.1, 0.15) is 10.6 Å². The highest BCUT2D eigenvalue weighted by molar-refractivity contribution is 9.10. The van der Waals surface area contributed by atoms with Crippen LogP contribution >= 0.6 is 15.9 Å². The first-order valence-electron chi connectivity index (χ1n) is 7.90. The van der Waals surface area contributed by atoms with Gasteiger partial charge in [-0.3, -0.25) is 4.79 Å². The van der Waals surface area contributed by atoms with Crippen LogP contribution in [0.1, 0.15) is 20.3 Å². The van der Waals surface area contributed by atoms with Gasteiger partial charge in [0.05, 0.1) is 7.11 Å². The number of rotatable bonds is 4. The molecular formula is C16H23BrN2O4S. The monoisotopic (exact) mass is 418 g/mol. The van der Waals surface area contributed by atoms with Crippen LogP contribution in [0.3, 0.4) is 0 Å². The zero-order valence-corrected chi connectivity index (χ0v) is 16.6. The molecule has 1 aromatic rings. The van der Waals surface area contributed by atoms with Crippen LogP contribution in [0, 0.1) is 5.92 Å². The Morgan fingerprint density at radius 2 is 1.92 bits per heavy atom. The summed E-state index contributed by atoms with van der Waals surface area (Å²) in [7, 11) is -2.23. The van der Waals surface area contributed by atoms with Crippen molar-refractivity contribution < 1.29 is 17.9 Å². The number of hydrogen-bond acceptors (Lipinski definition) is 4. The fraction of sp³-hybridized carbons (Fsp3) is 0.562. The van der Waals surface area contributed by atoms with Gasteiger partial charge in [0, 0.05) is 36.6 Å². The molecule has 0 unspecified atom stereocenters. The molecule has 134 valence electrons. The molecule has 1 amide bonds. The minimum Gasteiger partial charge on any atom is -0.495 e. The van der Waals surface area contributed by atoms with E-state index in [9.17, 15) is 13.2 Å². The fourth-order valence-electron chi connectivity index (χ4n) is 2.71. The van der Waals surface area contributed by atoms with Gasteiger partial charge in [-0.15, -0.1) is 0 Å². The number of amides is 1. The average molecular weight is 419 g/mol. The minimum absolute atomic E-state index is 0.0642. The molecule has 8 heteroatoms. The summed E-state index contributed by atoms with van der Waals surface area (Å²) in [5.74, 6) is 0.296. The fourth-order valence-corrected chi connectivity index (χ4v) is 4.87. The third-order valence-electron chi connectivity index (χ3n) is 4.00. The first kappa shape index (κ1) is 19.2. The lowest BCUT2D eigenvalue weighted by molar-refractivity contribution is -0.134. The Morgan fingerprint density at radius 1 is 1.21 bits per heavy atom. The molecule has 1 fully saturated rings. The number of carbonyl (C=O) groups is 1. The van der Waals surface area contributed by atoms with E-state index >= 15 is 0 Å². The SMILES string of the molecule is COc1ccc(Br)cc1S(=O)(=O)N1CCCN(C(=O)C(C)C)CC1. The molecule has 0 aromatic heterocycles. The van der Waals surface area contributed by atoms with Gasteiger partial charge in [-0.2, -0.15) is 4.31 Å². The molecule has 24 heavy (non-hydrogen) atoms. The van der Waals surface area contributed by atoms with Gasteiger partial charge in [-0.25, -0.2) is 8.42 Å². The number of nitrogens with zero attached hydrogens (tertiary/aromatic N) is 2. The van der Waals surface area contributed by atoms with Crippen molar-refractivity contribution in [2.45, 2.75) is 25.2 Å². The molecule has 6 nitrogen and oxygen atoms in total. The highest BCUT2D eigenvalue weighted by Gasteiger charge is 2.31. The lowest BCUT2D eigenvalue weighted by atomic mass is 10.2. The average Bonchev–Trinajstić information content (AvgIpc) is 2.80. The van der Waals surface area contributed by atoms with E-state index in [1.165, 1.54) is 11.4 Å². The Labute approximate surface area is 151 Å². The lowest BCUT2D eigenvalue weighted by Gasteiger charge is -2.23. The van der Waals surface area contributed by atoms with Gasteiger partial charge in [0.15, 0.2) is 0 Å². The zero-order valence-electron chi connectivity index (χ0n) is 14.2. The molecule has 2 rings (SSSR count). The van der Waals surface area contributed by atoms with Crippen molar-refractivity contribution in [3.05, 3.63) is 22.7 Å². The van der Waals surface area contributed by atoms with Crippen LogP contribution < -0.4 is 4.74 Å². The summed E-state index contributed by atoms with van der Waals surface area (Å²) in [5, 5.41) is 0. The van der Waals surface area contributed by atoms with E-state index in [-0.39, 0.29) is 23.3 Å². The van der Waals surface area contributed by atoms with E-state index in [4.69, 9.17) is 4.74 Å². The molecular weight excluding hydrogens is 396 g/mol. The molecule has 1 aliphatic heterocycles. The molecule has 0 bridgehead atoms. The number of benzene rings is 1. The van der Waals surface area contributed by atoms with E-state index in [0.29, 0.717) is 36.3 Å². The van der Waals surface area contributed by atoms with E-state index in [1.807, 2.05) is 13.8 Å². The maximum absolute atomic E-state index is 13.0. The number of carbonyl (C=O) groups excluding carboxylic acids is 1. The number of halogens is 1. The zero-order chi connectivity index (χ0) is 17.9. The van der Waals surface area contributed by atoms with E-state index in [2.05, 4.69) is 15.9 Å². The Balaban J connectivity index is 2.25. The van der Waals surface area contributed by atoms with Gasteiger partial charge in [-0.05, 0) is 24.6 Å². The minimum atomic E-state index is -3.68. The van der Waals surface area contributed by atoms with Crippen LogP contribution in [0.25, 0.3) is 0 Å². The van der Waals surface area contributed by atoms with Crippen LogP contribution in [-0.4, -0.2) is 56.8 Å². The van der Waals surface area contributed by atoms with Crippen molar-refractivity contribution in [2.75, 3.05) is 33.3 Å². The Bertz CT molecular complexity index is 706. The number of ether oxygens (including phenoxy) is 1. The molecule has 0 N–H and O–H groups in total. The summed E-state index contributed by atoms with van der Waals surface area (Å²) in [4.78, 5) is 14.0. The van der Waals surface area contributed by atoms with Crippen LogP contribution in [-0.2, 0) is 14.8 Å². The Kier molecular flexibility index (Phi) is 6.28. The van der Waals surface area contributed by atoms with Gasteiger partial charge in [0.2, 0.25) is 15.9 Å². The molecule has 1 heterocycles. The molecule has 0 radical (unpaired) electrons. The molecule has 0 atom stereocenters. The summed E-state index contributed by atoms with van der Waals surface area (Å²) in [6.07, 6.45) is 0.619. The van der Waals surface area contributed by atoms with Gasteiger partial charge in [-0.1, -0.05) is 29.8 Å². The van der Waals surface area contributed by atoms with Gasteiger partial charge in [0.25, 0.3) is 0 Å². The van der Waals surface area contributed by atoms with Crippen LogP contribution in [0.4, 0.5) is 0 Å². The topological polar surface area (TPSA) is 66.9 Å². The third-order valence-corrected chi connectivity index (χ3v) is 6.42. The van der Waals surface area contributed by atoms with Crippen LogP contribution in [0.5, 0.6) is 5.75 Å². The standard InChI is InChI=1S/C16H23BrN2O4S/c1-12(2)16(20)18-7-4-8-19(10-9-18)24(21,22)15-11-13(17)5-6-14(15)23-3/h5-6,11-12H,4,7-10H2,1-3H3. The van der Waals surface area contributed by atoms with Crippen molar-refractivity contribution in [2.24, 2.45) is 5.92 Å². The van der Waals surface area contributed by atoms with E-state index in [1.54, 1.807) is 23.1 Å². The number of methoxy groups -OCH3 is 1. The van der Waals surface area contributed by atoms with Crippen molar-refractivity contribution in [1.29, 1.82) is 0 Å². The highest BCUT2D eigenvalue weighted by atomic mass is 79.9. The predicted molar refractivity (Wildman–Crippen MR) is 95.5 cm³/mol. The van der Waals surface area contributed by atoms with Crippen molar-refractivity contribution in [1.82, 2.24) is 9.21 Å². The maximum atomic E-state index is 13.0. The second-order valence-electron chi connectivity index (χ2n) is 6.03. The molecule has 1 aromatic carbocycles. The second kappa shape index (κ2) is 7.84. The summed E-state index contributed by atoms with van der Waals surface area (Å²) < 4.78 is 33.3. The molecule has 0 spiro atoms. The normalized spacial score (nSPS) is 17.0. The quantitative estimate of drug-likeness (QED) is 0.752. The first-order valence-corrected chi connectivity index (χ1v) is 10.1. The first-order chi connectivity index (χ1) is 11.3. The largest absolute Gasteiger partial charge is 0.495 e. The molecule has 1 aliphatic rings. The summed E-state index contributed by atoms with van der Waals surface area (Å²) in [5.41, 5.74) is 0. The summed E-state index contributed by atoms with van der Waals surface area (Å²) in [6, 6.07) is 4.92. The Hall–Kier alpha value is -1.12.